The standard InChI is InChI=1S/C8H15P.Pd/c1-2-3-4-5-6-7-8-9;/h2-4H,1,5-9H2;. The predicted molar refractivity (Wildman–Crippen MR) is 47.8 cm³/mol. The van der Waals surface area contributed by atoms with Crippen LogP contribution in [0.3, 0.4) is 0 Å². The first kappa shape index (κ1) is 13.2. The van der Waals surface area contributed by atoms with Crippen molar-refractivity contribution < 1.29 is 20.4 Å². The van der Waals surface area contributed by atoms with E-state index in [2.05, 4.69) is 21.9 Å². The molecule has 0 rings (SSSR count). The molecule has 0 aliphatic rings. The average Bonchev–Trinajstić information content (AvgIpc) is 1.89. The van der Waals surface area contributed by atoms with E-state index in [0.29, 0.717) is 0 Å². The molecule has 0 aromatic rings. The maximum Gasteiger partial charge on any atom is 0 e. The van der Waals surface area contributed by atoms with Crippen molar-refractivity contribution in [2.24, 2.45) is 0 Å². The summed E-state index contributed by atoms with van der Waals surface area (Å²) in [4.78, 5) is 0. The summed E-state index contributed by atoms with van der Waals surface area (Å²) in [6, 6.07) is 0. The molecule has 2 heteroatoms. The minimum atomic E-state index is 0. The molecular weight excluding hydrogens is 233 g/mol. The van der Waals surface area contributed by atoms with Gasteiger partial charge in [-0.2, -0.15) is 0 Å². The molecule has 0 fully saturated rings. The van der Waals surface area contributed by atoms with E-state index in [-0.39, 0.29) is 20.4 Å². The molecule has 0 nitrogen and oxygen atoms in total. The van der Waals surface area contributed by atoms with E-state index in [1.165, 1.54) is 25.4 Å². The van der Waals surface area contributed by atoms with Crippen LogP contribution in [0.2, 0.25) is 0 Å². The van der Waals surface area contributed by atoms with E-state index >= 15 is 0 Å². The monoisotopic (exact) mass is 248 g/mol. The van der Waals surface area contributed by atoms with Gasteiger partial charge in [-0.15, -0.1) is 9.24 Å². The van der Waals surface area contributed by atoms with E-state index in [9.17, 15) is 0 Å². The SMILES string of the molecule is C=CC=CCCCCP.[Pd]. The first-order valence-corrected chi connectivity index (χ1v) is 4.21. The van der Waals surface area contributed by atoms with Crippen LogP contribution in [0.25, 0.3) is 0 Å². The van der Waals surface area contributed by atoms with Crippen molar-refractivity contribution in [2.45, 2.75) is 19.3 Å². The Morgan fingerprint density at radius 2 is 2.00 bits per heavy atom. The van der Waals surface area contributed by atoms with Crippen molar-refractivity contribution in [1.29, 1.82) is 0 Å². The van der Waals surface area contributed by atoms with Crippen LogP contribution >= 0.6 is 9.24 Å². The molecule has 0 aromatic heterocycles. The van der Waals surface area contributed by atoms with Gasteiger partial charge in [0.2, 0.25) is 0 Å². The minimum absolute atomic E-state index is 0. The molecular formula is C8H15PPd. The number of hydrogen-bond acceptors (Lipinski definition) is 0. The maximum absolute atomic E-state index is 3.59. The Labute approximate surface area is 80.0 Å². The van der Waals surface area contributed by atoms with Crippen molar-refractivity contribution in [1.82, 2.24) is 0 Å². The molecule has 1 atom stereocenters. The summed E-state index contributed by atoms with van der Waals surface area (Å²) in [5, 5.41) is 0. The molecule has 0 saturated heterocycles. The Hall–Kier alpha value is 0.572. The number of hydrogen-bond donors (Lipinski definition) is 0. The molecule has 62 valence electrons. The summed E-state index contributed by atoms with van der Waals surface area (Å²) in [6.07, 6.45) is 11.0. The van der Waals surface area contributed by atoms with Crippen LogP contribution < -0.4 is 0 Å². The predicted octanol–water partition coefficient (Wildman–Crippen LogP) is 2.77. The van der Waals surface area contributed by atoms with Gasteiger partial charge in [0.05, 0.1) is 0 Å². The smallest absolute Gasteiger partial charge is 0 e. The Morgan fingerprint density at radius 3 is 2.50 bits per heavy atom. The second-order valence-corrected chi connectivity index (χ2v) is 2.53. The van der Waals surface area contributed by atoms with E-state index < -0.39 is 0 Å². The Bertz CT molecular complexity index is 89.3. The van der Waals surface area contributed by atoms with Gasteiger partial charge >= 0.3 is 0 Å². The number of unbranched alkanes of at least 4 members (excludes halogenated alkanes) is 2. The van der Waals surface area contributed by atoms with Crippen molar-refractivity contribution in [3.8, 4) is 0 Å². The second kappa shape index (κ2) is 12.3. The number of allylic oxidation sites excluding steroid dienone is 3. The average molecular weight is 249 g/mol. The quantitative estimate of drug-likeness (QED) is 0.304. The first-order chi connectivity index (χ1) is 4.41. The molecule has 0 spiro atoms. The Balaban J connectivity index is 0. The molecule has 0 saturated carbocycles. The van der Waals surface area contributed by atoms with Crippen molar-refractivity contribution in [3.05, 3.63) is 24.8 Å². The summed E-state index contributed by atoms with van der Waals surface area (Å²) in [6.45, 7) is 3.59. The van der Waals surface area contributed by atoms with Gasteiger partial charge in [-0.25, -0.2) is 0 Å². The molecule has 0 aliphatic carbocycles. The molecule has 10 heavy (non-hydrogen) atoms. The normalized spacial score (nSPS) is 9.30. The van der Waals surface area contributed by atoms with Gasteiger partial charge in [-0.3, -0.25) is 0 Å². The summed E-state index contributed by atoms with van der Waals surface area (Å²) < 4.78 is 0. The molecule has 0 aromatic carbocycles. The summed E-state index contributed by atoms with van der Waals surface area (Å²) >= 11 is 0. The zero-order chi connectivity index (χ0) is 6.95. The van der Waals surface area contributed by atoms with Gasteiger partial charge < -0.3 is 0 Å². The van der Waals surface area contributed by atoms with E-state index in [0.717, 1.165) is 0 Å². The van der Waals surface area contributed by atoms with Crippen molar-refractivity contribution >= 4 is 9.24 Å². The summed E-state index contributed by atoms with van der Waals surface area (Å²) in [7, 11) is 2.73. The molecule has 0 bridgehead atoms. The second-order valence-electron chi connectivity index (χ2n) is 1.95. The van der Waals surface area contributed by atoms with Crippen LogP contribution in [-0.2, 0) is 20.4 Å². The third-order valence-corrected chi connectivity index (χ3v) is 1.51. The third kappa shape index (κ3) is 11.4. The zero-order valence-electron chi connectivity index (χ0n) is 6.16. The molecule has 1 unspecified atom stereocenters. The molecule has 0 radical (unpaired) electrons. The Morgan fingerprint density at radius 1 is 1.30 bits per heavy atom. The minimum Gasteiger partial charge on any atom is -0.138 e. The molecule has 0 N–H and O–H groups in total. The summed E-state index contributed by atoms with van der Waals surface area (Å²) in [5.41, 5.74) is 0. The fourth-order valence-corrected chi connectivity index (χ4v) is 0.888. The van der Waals surface area contributed by atoms with E-state index in [1.54, 1.807) is 0 Å². The van der Waals surface area contributed by atoms with Crippen LogP contribution in [0.4, 0.5) is 0 Å². The van der Waals surface area contributed by atoms with Gasteiger partial charge in [0.1, 0.15) is 0 Å². The number of rotatable bonds is 5. The third-order valence-electron chi connectivity index (χ3n) is 1.10. The van der Waals surface area contributed by atoms with Crippen LogP contribution in [0, 0.1) is 0 Å². The fraction of sp³-hybridized carbons (Fsp3) is 0.500. The Kier molecular flexibility index (Phi) is 16.2. The largest absolute Gasteiger partial charge is 0.138 e. The van der Waals surface area contributed by atoms with Gasteiger partial charge in [0, 0.05) is 20.4 Å². The van der Waals surface area contributed by atoms with E-state index in [4.69, 9.17) is 0 Å². The van der Waals surface area contributed by atoms with Crippen LogP contribution in [0.5, 0.6) is 0 Å². The molecule has 0 amide bonds. The van der Waals surface area contributed by atoms with Gasteiger partial charge in [-0.1, -0.05) is 24.8 Å². The molecule has 0 aliphatic heterocycles. The first-order valence-electron chi connectivity index (χ1n) is 3.39. The van der Waals surface area contributed by atoms with Crippen molar-refractivity contribution in [3.63, 3.8) is 0 Å². The zero-order valence-corrected chi connectivity index (χ0v) is 8.87. The van der Waals surface area contributed by atoms with E-state index in [1.807, 2.05) is 12.2 Å². The molecule has 0 heterocycles. The van der Waals surface area contributed by atoms with Gasteiger partial charge in [0.25, 0.3) is 0 Å². The van der Waals surface area contributed by atoms with Gasteiger partial charge in [-0.05, 0) is 25.4 Å². The fourth-order valence-electron chi connectivity index (χ4n) is 0.599. The van der Waals surface area contributed by atoms with Crippen LogP contribution in [-0.4, -0.2) is 6.16 Å². The van der Waals surface area contributed by atoms with Crippen LogP contribution in [0.15, 0.2) is 24.8 Å². The maximum atomic E-state index is 3.59. The van der Waals surface area contributed by atoms with Crippen molar-refractivity contribution in [2.75, 3.05) is 6.16 Å². The topological polar surface area (TPSA) is 0 Å². The van der Waals surface area contributed by atoms with Gasteiger partial charge in [0.15, 0.2) is 0 Å². The summed E-state index contributed by atoms with van der Waals surface area (Å²) in [5.74, 6) is 0. The van der Waals surface area contributed by atoms with Crippen LogP contribution in [0.1, 0.15) is 19.3 Å².